The average Bonchev–Trinajstić information content (AvgIpc) is 3.07. The van der Waals surface area contributed by atoms with Crippen molar-refractivity contribution in [1.82, 2.24) is 0 Å². The molecule has 0 unspecified atom stereocenters. The predicted octanol–water partition coefficient (Wildman–Crippen LogP) is 2.01. The molecular formula is C16H16O2. The minimum absolute atomic E-state index is 0.263. The van der Waals surface area contributed by atoms with Crippen LogP contribution in [0, 0.1) is 46.3 Å². The Morgan fingerprint density at radius 1 is 0.722 bits per heavy atom. The Labute approximate surface area is 106 Å². The Kier molecular flexibility index (Phi) is 1.24. The summed E-state index contributed by atoms with van der Waals surface area (Å²) >= 11 is 0. The molecule has 2 nitrogen and oxygen atoms in total. The van der Waals surface area contributed by atoms with Crippen molar-refractivity contribution < 1.29 is 9.59 Å². The maximum Gasteiger partial charge on any atom is 0.138 e. The molecule has 0 aliphatic heterocycles. The van der Waals surface area contributed by atoms with Crippen LogP contribution in [0.3, 0.4) is 0 Å². The number of allylic oxidation sites excluding steroid dienone is 4. The summed E-state index contributed by atoms with van der Waals surface area (Å²) in [5.74, 6) is 3.06. The van der Waals surface area contributed by atoms with E-state index in [-0.39, 0.29) is 22.4 Å². The van der Waals surface area contributed by atoms with Crippen molar-refractivity contribution in [2.24, 2.45) is 46.3 Å². The van der Waals surface area contributed by atoms with Crippen LogP contribution >= 0.6 is 0 Å². The van der Waals surface area contributed by atoms with Gasteiger partial charge in [-0.2, -0.15) is 0 Å². The largest absolute Gasteiger partial charge is 0.299 e. The summed E-state index contributed by atoms with van der Waals surface area (Å²) < 4.78 is 0. The first-order valence-electron chi connectivity index (χ1n) is 6.98. The van der Waals surface area contributed by atoms with Crippen molar-refractivity contribution in [3.05, 3.63) is 24.3 Å². The molecule has 0 aromatic carbocycles. The molecule has 0 aromatic rings. The molecule has 92 valence electrons. The molecule has 4 fully saturated rings. The van der Waals surface area contributed by atoms with E-state index in [9.17, 15) is 9.59 Å². The van der Waals surface area contributed by atoms with Crippen molar-refractivity contribution in [3.8, 4) is 0 Å². The summed E-state index contributed by atoms with van der Waals surface area (Å²) in [5, 5.41) is 0. The third-order valence-corrected chi connectivity index (χ3v) is 7.11. The van der Waals surface area contributed by atoms with Gasteiger partial charge >= 0.3 is 0 Å². The van der Waals surface area contributed by atoms with Gasteiger partial charge < -0.3 is 0 Å². The number of ketones is 2. The normalized spacial score (nSPS) is 63.4. The van der Waals surface area contributed by atoms with Gasteiger partial charge in [0.25, 0.3) is 0 Å². The van der Waals surface area contributed by atoms with E-state index >= 15 is 0 Å². The number of Topliss-reactive ketones (excluding diaryl/α,β-unsaturated/α-hetero) is 2. The molecule has 0 heterocycles. The highest BCUT2D eigenvalue weighted by molar-refractivity contribution is 5.99. The van der Waals surface area contributed by atoms with Crippen molar-refractivity contribution in [1.29, 1.82) is 0 Å². The SMILES string of the molecule is CC(=O)C12[C@H]3C=C[C@H]4C3C3[C@@H]1C=C[C@@H]3C42C(C)=O. The van der Waals surface area contributed by atoms with E-state index in [0.717, 1.165) is 0 Å². The van der Waals surface area contributed by atoms with Gasteiger partial charge in [0, 0.05) is 0 Å². The number of rotatable bonds is 2. The van der Waals surface area contributed by atoms with E-state index < -0.39 is 0 Å². The highest BCUT2D eigenvalue weighted by Crippen LogP contribution is 2.89. The zero-order valence-corrected chi connectivity index (χ0v) is 10.6. The molecule has 0 aromatic heterocycles. The van der Waals surface area contributed by atoms with E-state index in [4.69, 9.17) is 0 Å². The Morgan fingerprint density at radius 2 is 1.00 bits per heavy atom. The van der Waals surface area contributed by atoms with Crippen LogP contribution in [0.25, 0.3) is 0 Å². The van der Waals surface area contributed by atoms with E-state index in [1.807, 2.05) is 0 Å². The second kappa shape index (κ2) is 2.31. The van der Waals surface area contributed by atoms with Gasteiger partial charge in [0.1, 0.15) is 11.6 Å². The number of carbonyl (C=O) groups excluding carboxylic acids is 2. The molecule has 6 aliphatic rings. The molecule has 0 radical (unpaired) electrons. The summed E-state index contributed by atoms with van der Waals surface area (Å²) in [5.41, 5.74) is -0.736. The minimum Gasteiger partial charge on any atom is -0.299 e. The highest BCUT2D eigenvalue weighted by Gasteiger charge is 2.91. The van der Waals surface area contributed by atoms with Gasteiger partial charge in [0.05, 0.1) is 10.8 Å². The fourth-order valence-electron chi connectivity index (χ4n) is 7.29. The van der Waals surface area contributed by atoms with Crippen molar-refractivity contribution in [2.45, 2.75) is 13.8 Å². The van der Waals surface area contributed by atoms with E-state index in [0.29, 0.717) is 35.5 Å². The average molecular weight is 240 g/mol. The summed E-state index contributed by atoms with van der Waals surface area (Å²) in [6, 6.07) is 0. The lowest BCUT2D eigenvalue weighted by Crippen LogP contribution is -2.56. The molecule has 18 heavy (non-hydrogen) atoms. The maximum atomic E-state index is 12.5. The summed E-state index contributed by atoms with van der Waals surface area (Å²) in [6.45, 7) is 3.44. The van der Waals surface area contributed by atoms with Gasteiger partial charge in [-0.3, -0.25) is 9.59 Å². The van der Waals surface area contributed by atoms with Crippen LogP contribution in [-0.2, 0) is 9.59 Å². The van der Waals surface area contributed by atoms with Gasteiger partial charge in [-0.05, 0) is 49.4 Å². The third kappa shape index (κ3) is 0.519. The maximum absolute atomic E-state index is 12.5. The molecule has 0 amide bonds. The lowest BCUT2D eigenvalue weighted by Gasteiger charge is -2.49. The quantitative estimate of drug-likeness (QED) is 0.692. The number of hydrogen-bond acceptors (Lipinski definition) is 2. The Hall–Kier alpha value is -1.18. The molecule has 8 bridgehead atoms. The first-order valence-corrected chi connectivity index (χ1v) is 6.98. The Bertz CT molecular complexity index is 502. The lowest BCUT2D eigenvalue weighted by molar-refractivity contribution is -0.150. The summed E-state index contributed by atoms with van der Waals surface area (Å²) in [6.07, 6.45) is 9.00. The van der Waals surface area contributed by atoms with Crippen LogP contribution in [0.4, 0.5) is 0 Å². The van der Waals surface area contributed by atoms with Crippen LogP contribution in [0.2, 0.25) is 0 Å². The van der Waals surface area contributed by atoms with Crippen LogP contribution in [0.5, 0.6) is 0 Å². The van der Waals surface area contributed by atoms with Crippen molar-refractivity contribution in [2.75, 3.05) is 0 Å². The topological polar surface area (TPSA) is 34.1 Å². The molecule has 4 saturated carbocycles. The van der Waals surface area contributed by atoms with Crippen molar-refractivity contribution in [3.63, 3.8) is 0 Å². The molecule has 2 heteroatoms. The first-order chi connectivity index (χ1) is 8.59. The second-order valence-corrected chi connectivity index (χ2v) is 6.88. The molecule has 6 rings (SSSR count). The van der Waals surface area contributed by atoms with Crippen LogP contribution in [0.15, 0.2) is 24.3 Å². The van der Waals surface area contributed by atoms with Crippen LogP contribution in [0.1, 0.15) is 13.8 Å². The monoisotopic (exact) mass is 240 g/mol. The van der Waals surface area contributed by atoms with Crippen LogP contribution in [-0.4, -0.2) is 11.6 Å². The fourth-order valence-corrected chi connectivity index (χ4v) is 7.29. The molecule has 0 N–H and O–H groups in total. The number of hydrogen-bond donors (Lipinski definition) is 0. The van der Waals surface area contributed by atoms with Crippen LogP contribution < -0.4 is 0 Å². The molecule has 0 spiro atoms. The minimum atomic E-state index is -0.368. The standard InChI is InChI=1S/C16H16O2/c1-7(17)15-9-3-5-11-13(9)14-10(15)4-6-12(14)16(11,15)8(2)18/h3-6,9-14H,1-2H3/t9-,10-,11-,12-,13?,14?,15?,16?/m0/s1. The smallest absolute Gasteiger partial charge is 0.138 e. The third-order valence-electron chi connectivity index (χ3n) is 7.11. The molecule has 6 aliphatic carbocycles. The van der Waals surface area contributed by atoms with E-state index in [2.05, 4.69) is 24.3 Å². The molecule has 0 saturated heterocycles. The van der Waals surface area contributed by atoms with Gasteiger partial charge in [0.2, 0.25) is 0 Å². The van der Waals surface area contributed by atoms with E-state index in [1.54, 1.807) is 13.8 Å². The Balaban J connectivity index is 1.94. The zero-order chi connectivity index (χ0) is 12.4. The summed E-state index contributed by atoms with van der Waals surface area (Å²) in [4.78, 5) is 25.1. The fraction of sp³-hybridized carbons (Fsp3) is 0.625. The van der Waals surface area contributed by atoms with Gasteiger partial charge in [-0.15, -0.1) is 0 Å². The van der Waals surface area contributed by atoms with Gasteiger partial charge in [0.15, 0.2) is 0 Å². The lowest BCUT2D eigenvalue weighted by atomic mass is 9.50. The first kappa shape index (κ1) is 9.71. The predicted molar refractivity (Wildman–Crippen MR) is 65.4 cm³/mol. The van der Waals surface area contributed by atoms with Crippen molar-refractivity contribution >= 4 is 11.6 Å². The highest BCUT2D eigenvalue weighted by atomic mass is 16.1. The zero-order valence-electron chi connectivity index (χ0n) is 10.6. The molecule has 4 atom stereocenters. The van der Waals surface area contributed by atoms with Gasteiger partial charge in [-0.1, -0.05) is 24.3 Å². The molecular weight excluding hydrogens is 224 g/mol. The van der Waals surface area contributed by atoms with E-state index in [1.165, 1.54) is 0 Å². The summed E-state index contributed by atoms with van der Waals surface area (Å²) in [7, 11) is 0. The number of carbonyl (C=O) groups is 2. The second-order valence-electron chi connectivity index (χ2n) is 6.88. The van der Waals surface area contributed by atoms with Gasteiger partial charge in [-0.25, -0.2) is 0 Å². The Morgan fingerprint density at radius 3 is 1.22 bits per heavy atom.